The van der Waals surface area contributed by atoms with Gasteiger partial charge in [0, 0.05) is 34.6 Å². The summed E-state index contributed by atoms with van der Waals surface area (Å²) >= 11 is 3.48. The number of ether oxygens (including phenoxy) is 2. The van der Waals surface area contributed by atoms with Gasteiger partial charge in [-0.25, -0.2) is 0 Å². The highest BCUT2D eigenvalue weighted by Gasteiger charge is 2.88. The molecule has 166 valence electrons. The SMILES string of the molecule is CCc1ccc(C(=O)[C@]2(C)[C@@H]3c4cc(Br)ccc4OC(=O)[C@]32C(=O)N2CCOCC2)cc1. The molecule has 32 heavy (non-hydrogen) atoms. The van der Waals surface area contributed by atoms with Crippen LogP contribution in [0.1, 0.15) is 41.3 Å². The molecule has 2 aromatic carbocycles. The number of Topliss-reactive ketones (excluding diaryl/α,β-unsaturated/α-hetero) is 1. The van der Waals surface area contributed by atoms with E-state index in [4.69, 9.17) is 9.47 Å². The van der Waals surface area contributed by atoms with Gasteiger partial charge in [-0.3, -0.25) is 14.4 Å². The Labute approximate surface area is 195 Å². The van der Waals surface area contributed by atoms with E-state index in [2.05, 4.69) is 15.9 Å². The Morgan fingerprint density at radius 2 is 1.81 bits per heavy atom. The van der Waals surface area contributed by atoms with Crippen LogP contribution in [0.25, 0.3) is 0 Å². The summed E-state index contributed by atoms with van der Waals surface area (Å²) in [6.45, 7) is 5.39. The van der Waals surface area contributed by atoms with Crippen molar-refractivity contribution < 1.29 is 23.9 Å². The molecule has 6 nitrogen and oxygen atoms in total. The lowest BCUT2D eigenvalue weighted by Crippen LogP contribution is -2.50. The second-order valence-electron chi connectivity index (χ2n) is 8.80. The van der Waals surface area contributed by atoms with E-state index in [0.29, 0.717) is 43.2 Å². The van der Waals surface area contributed by atoms with E-state index in [1.807, 2.05) is 25.1 Å². The van der Waals surface area contributed by atoms with Gasteiger partial charge in [0.25, 0.3) is 0 Å². The fraction of sp³-hybridized carbons (Fsp3) is 0.400. The number of rotatable bonds is 4. The number of esters is 1. The molecule has 1 amide bonds. The Balaban J connectivity index is 1.64. The minimum Gasteiger partial charge on any atom is -0.425 e. The maximum absolute atomic E-state index is 13.9. The zero-order chi connectivity index (χ0) is 22.7. The first-order valence-electron chi connectivity index (χ1n) is 10.9. The number of benzene rings is 2. The van der Waals surface area contributed by atoms with Gasteiger partial charge in [-0.2, -0.15) is 0 Å². The lowest BCUT2D eigenvalue weighted by Gasteiger charge is -2.32. The molecule has 0 aromatic heterocycles. The zero-order valence-corrected chi connectivity index (χ0v) is 19.6. The van der Waals surface area contributed by atoms with Gasteiger partial charge in [0.15, 0.2) is 11.2 Å². The summed E-state index contributed by atoms with van der Waals surface area (Å²) < 4.78 is 11.9. The molecule has 1 aliphatic carbocycles. The Kier molecular flexibility index (Phi) is 5.02. The molecule has 1 saturated carbocycles. The third-order valence-electron chi connectivity index (χ3n) is 7.29. The smallest absolute Gasteiger partial charge is 0.328 e. The van der Waals surface area contributed by atoms with Crippen molar-refractivity contribution in [2.75, 3.05) is 26.3 Å². The van der Waals surface area contributed by atoms with Gasteiger partial charge in [0.2, 0.25) is 5.91 Å². The number of fused-ring (bicyclic) bond motifs is 3. The van der Waals surface area contributed by atoms with Crippen LogP contribution in [0, 0.1) is 10.8 Å². The molecule has 2 heterocycles. The predicted octanol–water partition coefficient (Wildman–Crippen LogP) is 3.76. The highest BCUT2D eigenvalue weighted by Crippen LogP contribution is 2.78. The highest BCUT2D eigenvalue weighted by molar-refractivity contribution is 9.10. The van der Waals surface area contributed by atoms with Crippen LogP contribution in [0.2, 0.25) is 0 Å². The van der Waals surface area contributed by atoms with Gasteiger partial charge in [-0.1, -0.05) is 47.1 Å². The van der Waals surface area contributed by atoms with Crippen LogP contribution in [-0.4, -0.2) is 48.9 Å². The first-order chi connectivity index (χ1) is 15.4. The molecule has 2 aliphatic heterocycles. The predicted molar refractivity (Wildman–Crippen MR) is 121 cm³/mol. The summed E-state index contributed by atoms with van der Waals surface area (Å²) in [5.41, 5.74) is -0.482. The molecule has 0 unspecified atom stereocenters. The number of hydrogen-bond acceptors (Lipinski definition) is 5. The van der Waals surface area contributed by atoms with Crippen molar-refractivity contribution in [3.05, 3.63) is 63.6 Å². The Hall–Kier alpha value is -2.51. The second kappa shape index (κ2) is 7.52. The van der Waals surface area contributed by atoms with Gasteiger partial charge in [-0.05, 0) is 37.1 Å². The number of carbonyl (C=O) groups excluding carboxylic acids is 3. The van der Waals surface area contributed by atoms with Crippen LogP contribution in [-0.2, 0) is 20.7 Å². The van der Waals surface area contributed by atoms with Crippen molar-refractivity contribution in [1.29, 1.82) is 0 Å². The molecule has 3 atom stereocenters. The van der Waals surface area contributed by atoms with Crippen LogP contribution < -0.4 is 4.74 Å². The molecule has 2 aromatic rings. The summed E-state index contributed by atoms with van der Waals surface area (Å²) in [7, 11) is 0. The summed E-state index contributed by atoms with van der Waals surface area (Å²) in [5, 5.41) is 0. The van der Waals surface area contributed by atoms with E-state index in [1.165, 1.54) is 0 Å². The number of halogens is 1. The molecule has 0 bridgehead atoms. The van der Waals surface area contributed by atoms with Crippen LogP contribution in [0.15, 0.2) is 46.9 Å². The largest absolute Gasteiger partial charge is 0.425 e. The lowest BCUT2D eigenvalue weighted by atomic mass is 9.85. The number of amides is 1. The number of morpholine rings is 1. The Bertz CT molecular complexity index is 1120. The van der Waals surface area contributed by atoms with Crippen LogP contribution in [0.5, 0.6) is 5.75 Å². The molecule has 7 heteroatoms. The normalized spacial score (nSPS) is 28.4. The Morgan fingerprint density at radius 1 is 1.12 bits per heavy atom. The molecule has 2 fully saturated rings. The number of hydrogen-bond donors (Lipinski definition) is 0. The number of aryl methyl sites for hydroxylation is 1. The van der Waals surface area contributed by atoms with E-state index in [1.54, 1.807) is 36.1 Å². The van der Waals surface area contributed by atoms with Gasteiger partial charge < -0.3 is 14.4 Å². The maximum Gasteiger partial charge on any atom is 0.328 e. The average molecular weight is 498 g/mol. The summed E-state index contributed by atoms with van der Waals surface area (Å²) in [5.74, 6) is -1.38. The summed E-state index contributed by atoms with van der Waals surface area (Å²) in [4.78, 5) is 42.9. The van der Waals surface area contributed by atoms with Crippen molar-refractivity contribution in [3.63, 3.8) is 0 Å². The average Bonchev–Trinajstić information content (AvgIpc) is 3.42. The number of carbonyl (C=O) groups is 3. The molecule has 0 N–H and O–H groups in total. The molecule has 0 spiro atoms. The van der Waals surface area contributed by atoms with Crippen molar-refractivity contribution >= 4 is 33.6 Å². The zero-order valence-electron chi connectivity index (χ0n) is 18.0. The third kappa shape index (κ3) is 2.77. The Morgan fingerprint density at radius 3 is 2.47 bits per heavy atom. The van der Waals surface area contributed by atoms with Gasteiger partial charge >= 0.3 is 5.97 Å². The maximum atomic E-state index is 13.9. The molecule has 1 saturated heterocycles. The second-order valence-corrected chi connectivity index (χ2v) is 9.71. The van der Waals surface area contributed by atoms with E-state index in [0.717, 1.165) is 16.5 Å². The van der Waals surface area contributed by atoms with Crippen LogP contribution in [0.3, 0.4) is 0 Å². The van der Waals surface area contributed by atoms with E-state index in [9.17, 15) is 14.4 Å². The monoisotopic (exact) mass is 497 g/mol. The topological polar surface area (TPSA) is 72.9 Å². The molecular formula is C25H24BrNO5. The first kappa shape index (κ1) is 21.3. The van der Waals surface area contributed by atoms with E-state index < -0.39 is 22.7 Å². The molecular weight excluding hydrogens is 474 g/mol. The van der Waals surface area contributed by atoms with E-state index >= 15 is 0 Å². The number of nitrogens with zero attached hydrogens (tertiary/aromatic N) is 1. The minimum atomic E-state index is -1.57. The molecule has 3 aliphatic rings. The van der Waals surface area contributed by atoms with E-state index in [-0.39, 0.29) is 11.7 Å². The third-order valence-corrected chi connectivity index (χ3v) is 7.78. The van der Waals surface area contributed by atoms with Crippen molar-refractivity contribution in [1.82, 2.24) is 4.90 Å². The minimum absolute atomic E-state index is 0.212. The fourth-order valence-corrected chi connectivity index (χ4v) is 5.84. The quantitative estimate of drug-likeness (QED) is 0.278. The van der Waals surface area contributed by atoms with Crippen molar-refractivity contribution in [2.45, 2.75) is 26.2 Å². The molecule has 5 rings (SSSR count). The van der Waals surface area contributed by atoms with Gasteiger partial charge in [-0.15, -0.1) is 0 Å². The fourth-order valence-electron chi connectivity index (χ4n) is 5.46. The number of ketones is 1. The lowest BCUT2D eigenvalue weighted by molar-refractivity contribution is -0.156. The van der Waals surface area contributed by atoms with Crippen LogP contribution >= 0.6 is 15.9 Å². The van der Waals surface area contributed by atoms with Crippen molar-refractivity contribution in [2.24, 2.45) is 10.8 Å². The standard InChI is InChI=1S/C25H24BrNO5/c1-3-15-4-6-16(7-5-15)21(28)24(2)20-18-14-17(26)8-9-19(18)32-23(30)25(20,24)22(29)27-10-12-31-13-11-27/h4-9,14,20H,3,10-13H2,1-2H3/t20-,24-,25+/m0/s1. The van der Waals surface area contributed by atoms with Gasteiger partial charge in [0.05, 0.1) is 18.6 Å². The highest BCUT2D eigenvalue weighted by atomic mass is 79.9. The summed E-state index contributed by atoms with van der Waals surface area (Å²) in [6.07, 6.45) is 0.863. The van der Waals surface area contributed by atoms with Crippen LogP contribution in [0.4, 0.5) is 0 Å². The van der Waals surface area contributed by atoms with Crippen molar-refractivity contribution in [3.8, 4) is 5.75 Å². The van der Waals surface area contributed by atoms with Gasteiger partial charge in [0.1, 0.15) is 5.75 Å². The molecule has 0 radical (unpaired) electrons. The first-order valence-corrected chi connectivity index (χ1v) is 11.7. The summed E-state index contributed by atoms with van der Waals surface area (Å²) in [6, 6.07) is 12.8.